The Kier molecular flexibility index (Phi) is 2.11. The quantitative estimate of drug-likeness (QED) is 0.880. The molecule has 0 saturated heterocycles. The first-order valence-electron chi connectivity index (χ1n) is 6.48. The van der Waals surface area contributed by atoms with Crippen LogP contribution in [0.4, 0.5) is 0 Å². The van der Waals surface area contributed by atoms with Crippen molar-refractivity contribution in [3.63, 3.8) is 0 Å². The van der Waals surface area contributed by atoms with E-state index in [9.17, 15) is 0 Å². The second-order valence-corrected chi connectivity index (χ2v) is 6.44. The van der Waals surface area contributed by atoms with Crippen LogP contribution < -0.4 is 5.32 Å². The maximum Gasteiger partial charge on any atom is 0.193 e. The first-order chi connectivity index (χ1) is 8.36. The molecule has 0 radical (unpaired) electrons. The molecule has 0 spiro atoms. The molecular formula is C13H17N3S. The van der Waals surface area contributed by atoms with Gasteiger partial charge in [0, 0.05) is 30.9 Å². The van der Waals surface area contributed by atoms with E-state index in [4.69, 9.17) is 0 Å². The molecule has 0 atom stereocenters. The van der Waals surface area contributed by atoms with E-state index in [2.05, 4.69) is 32.5 Å². The van der Waals surface area contributed by atoms with Crippen LogP contribution in [0.5, 0.6) is 0 Å². The summed E-state index contributed by atoms with van der Waals surface area (Å²) in [5.41, 5.74) is 1.86. The lowest BCUT2D eigenvalue weighted by Gasteiger charge is -2.14. The van der Waals surface area contributed by atoms with Crippen LogP contribution in [0, 0.1) is 11.3 Å². The van der Waals surface area contributed by atoms with Gasteiger partial charge in [-0.3, -0.25) is 4.40 Å². The van der Waals surface area contributed by atoms with E-state index >= 15 is 0 Å². The number of rotatable bonds is 5. The normalized spacial score (nSPS) is 22.1. The van der Waals surface area contributed by atoms with Gasteiger partial charge in [-0.1, -0.05) is 0 Å². The van der Waals surface area contributed by atoms with Crippen molar-refractivity contribution < 1.29 is 0 Å². The number of hydrogen-bond donors (Lipinski definition) is 1. The van der Waals surface area contributed by atoms with Crippen LogP contribution in [0.2, 0.25) is 0 Å². The van der Waals surface area contributed by atoms with Gasteiger partial charge < -0.3 is 5.32 Å². The third-order valence-corrected chi connectivity index (χ3v) is 5.03. The van der Waals surface area contributed by atoms with E-state index in [1.807, 2.05) is 0 Å². The SMILES string of the molecule is c1cn2cc(CNCC3(C4CC4)CC3)nc2s1. The van der Waals surface area contributed by atoms with Gasteiger partial charge >= 0.3 is 0 Å². The van der Waals surface area contributed by atoms with E-state index in [-0.39, 0.29) is 0 Å². The molecule has 0 bridgehead atoms. The van der Waals surface area contributed by atoms with Crippen LogP contribution in [0.25, 0.3) is 4.96 Å². The topological polar surface area (TPSA) is 29.3 Å². The molecule has 17 heavy (non-hydrogen) atoms. The number of fused-ring (bicyclic) bond motifs is 1. The molecule has 4 rings (SSSR count). The average molecular weight is 247 g/mol. The highest BCUT2D eigenvalue weighted by Gasteiger charge is 2.53. The molecule has 3 nitrogen and oxygen atoms in total. The van der Waals surface area contributed by atoms with Gasteiger partial charge in [0.15, 0.2) is 4.96 Å². The van der Waals surface area contributed by atoms with Gasteiger partial charge in [0.25, 0.3) is 0 Å². The van der Waals surface area contributed by atoms with Crippen LogP contribution in [0.1, 0.15) is 31.4 Å². The van der Waals surface area contributed by atoms with E-state index in [1.54, 1.807) is 11.3 Å². The van der Waals surface area contributed by atoms with E-state index in [1.165, 1.54) is 37.9 Å². The maximum absolute atomic E-state index is 4.59. The Bertz CT molecular complexity index is 505. The largest absolute Gasteiger partial charge is 0.311 e. The highest BCUT2D eigenvalue weighted by molar-refractivity contribution is 7.15. The molecule has 2 aromatic heterocycles. The molecule has 2 heterocycles. The lowest BCUT2D eigenvalue weighted by atomic mass is 10.0. The predicted octanol–water partition coefficient (Wildman–Crippen LogP) is 2.68. The Morgan fingerprint density at radius 3 is 3.06 bits per heavy atom. The fourth-order valence-electron chi connectivity index (χ4n) is 2.89. The number of nitrogens with one attached hydrogen (secondary N) is 1. The summed E-state index contributed by atoms with van der Waals surface area (Å²) >= 11 is 1.70. The molecule has 0 unspecified atom stereocenters. The smallest absolute Gasteiger partial charge is 0.193 e. The molecule has 0 amide bonds. The Morgan fingerprint density at radius 2 is 2.35 bits per heavy atom. The summed E-state index contributed by atoms with van der Waals surface area (Å²) in [4.78, 5) is 5.69. The van der Waals surface area contributed by atoms with Gasteiger partial charge in [-0.2, -0.15) is 0 Å². The second kappa shape index (κ2) is 3.56. The first kappa shape index (κ1) is 10.1. The molecule has 0 aliphatic heterocycles. The zero-order chi connectivity index (χ0) is 11.3. The maximum atomic E-state index is 4.59. The highest BCUT2D eigenvalue weighted by atomic mass is 32.1. The van der Waals surface area contributed by atoms with Crippen molar-refractivity contribution in [2.45, 2.75) is 32.2 Å². The lowest BCUT2D eigenvalue weighted by Crippen LogP contribution is -2.25. The zero-order valence-corrected chi connectivity index (χ0v) is 10.7. The standard InChI is InChI=1S/C13H17N3S/c1-2-10(1)13(3-4-13)9-14-7-11-8-16-5-6-17-12(16)15-11/h5-6,8,10,14H,1-4,7,9H2. The van der Waals surface area contributed by atoms with Gasteiger partial charge in [-0.25, -0.2) is 4.98 Å². The summed E-state index contributed by atoms with van der Waals surface area (Å²) in [5, 5.41) is 5.68. The van der Waals surface area contributed by atoms with Gasteiger partial charge in [-0.05, 0) is 37.0 Å². The Morgan fingerprint density at radius 1 is 1.47 bits per heavy atom. The Labute approximate surface area is 105 Å². The molecular weight excluding hydrogens is 230 g/mol. The number of nitrogens with zero attached hydrogens (tertiary/aromatic N) is 2. The number of thiazole rings is 1. The summed E-state index contributed by atoms with van der Waals surface area (Å²) in [5.74, 6) is 1.04. The molecule has 2 saturated carbocycles. The Balaban J connectivity index is 1.37. The minimum absolute atomic E-state index is 0.692. The number of hydrogen-bond acceptors (Lipinski definition) is 3. The molecule has 2 aliphatic carbocycles. The van der Waals surface area contributed by atoms with Gasteiger partial charge in [0.05, 0.1) is 5.69 Å². The molecule has 4 heteroatoms. The van der Waals surface area contributed by atoms with E-state index < -0.39 is 0 Å². The third-order valence-electron chi connectivity index (χ3n) is 4.26. The van der Waals surface area contributed by atoms with Crippen LogP contribution in [0.15, 0.2) is 17.8 Å². The van der Waals surface area contributed by atoms with Crippen molar-refractivity contribution in [2.24, 2.45) is 11.3 Å². The van der Waals surface area contributed by atoms with Crippen molar-refractivity contribution >= 4 is 16.3 Å². The summed E-state index contributed by atoms with van der Waals surface area (Å²) < 4.78 is 2.11. The third kappa shape index (κ3) is 1.79. The fraction of sp³-hybridized carbons (Fsp3) is 0.615. The van der Waals surface area contributed by atoms with E-state index in [0.717, 1.165) is 17.4 Å². The van der Waals surface area contributed by atoms with Crippen LogP contribution in [0.3, 0.4) is 0 Å². The highest BCUT2D eigenvalue weighted by Crippen LogP contribution is 2.60. The summed E-state index contributed by atoms with van der Waals surface area (Å²) in [6.45, 7) is 2.12. The van der Waals surface area contributed by atoms with Crippen LogP contribution in [-0.4, -0.2) is 15.9 Å². The molecule has 0 aromatic carbocycles. The number of aromatic nitrogens is 2. The minimum Gasteiger partial charge on any atom is -0.311 e. The molecule has 2 aromatic rings. The summed E-state index contributed by atoms with van der Waals surface area (Å²) in [7, 11) is 0. The van der Waals surface area contributed by atoms with Crippen LogP contribution >= 0.6 is 11.3 Å². The Hall–Kier alpha value is -0.870. The molecule has 2 fully saturated rings. The van der Waals surface area contributed by atoms with Crippen LogP contribution in [-0.2, 0) is 6.54 Å². The first-order valence-corrected chi connectivity index (χ1v) is 7.36. The minimum atomic E-state index is 0.692. The summed E-state index contributed by atoms with van der Waals surface area (Å²) in [6, 6.07) is 0. The van der Waals surface area contributed by atoms with Crippen molar-refractivity contribution in [1.29, 1.82) is 0 Å². The van der Waals surface area contributed by atoms with Gasteiger partial charge in [0.1, 0.15) is 0 Å². The monoisotopic (exact) mass is 247 g/mol. The molecule has 2 aliphatic rings. The van der Waals surface area contributed by atoms with Crippen molar-refractivity contribution in [3.8, 4) is 0 Å². The fourth-order valence-corrected chi connectivity index (χ4v) is 3.61. The zero-order valence-electron chi connectivity index (χ0n) is 9.85. The summed E-state index contributed by atoms with van der Waals surface area (Å²) in [6.07, 6.45) is 10.0. The van der Waals surface area contributed by atoms with E-state index in [0.29, 0.717) is 5.41 Å². The van der Waals surface area contributed by atoms with Crippen molar-refractivity contribution in [2.75, 3.05) is 6.54 Å². The predicted molar refractivity (Wildman–Crippen MR) is 69.2 cm³/mol. The second-order valence-electron chi connectivity index (χ2n) is 5.57. The lowest BCUT2D eigenvalue weighted by molar-refractivity contribution is 0.402. The van der Waals surface area contributed by atoms with Gasteiger partial charge in [-0.15, -0.1) is 11.3 Å². The molecule has 1 N–H and O–H groups in total. The average Bonchev–Trinajstić information content (AvgIpc) is 3.17. The van der Waals surface area contributed by atoms with Gasteiger partial charge in [0.2, 0.25) is 0 Å². The molecule has 90 valence electrons. The van der Waals surface area contributed by atoms with Crippen molar-refractivity contribution in [1.82, 2.24) is 14.7 Å². The van der Waals surface area contributed by atoms with Crippen molar-refractivity contribution in [3.05, 3.63) is 23.5 Å². The number of imidazole rings is 1.